The largest absolute Gasteiger partial charge is 0.250 e. The Morgan fingerprint density at radius 1 is 1.21 bits per heavy atom. The third-order valence-corrected chi connectivity index (χ3v) is 2.44. The second-order valence-corrected chi connectivity index (χ2v) is 3.77. The van der Waals surface area contributed by atoms with Gasteiger partial charge in [0.15, 0.2) is 0 Å². The summed E-state index contributed by atoms with van der Waals surface area (Å²) in [6.45, 7) is 0.645. The lowest BCUT2D eigenvalue weighted by atomic mass is 10.2. The molecule has 0 saturated heterocycles. The second kappa shape index (κ2) is 4.03. The van der Waals surface area contributed by atoms with Gasteiger partial charge in [-0.25, -0.2) is 4.68 Å². The number of nitrogens with zero attached hydrogens (tertiary/aromatic N) is 2. The molecule has 2 rings (SSSR count). The Hall–Kier alpha value is -0.990. The van der Waals surface area contributed by atoms with E-state index in [4.69, 9.17) is 23.2 Å². The number of hydrogen-bond donors (Lipinski definition) is 0. The molecular weight excluding hydrogens is 219 g/mol. The van der Waals surface area contributed by atoms with Crippen LogP contribution in [0.4, 0.5) is 0 Å². The van der Waals surface area contributed by atoms with Crippen LogP contribution < -0.4 is 0 Å². The molecule has 0 radical (unpaired) electrons. The quantitative estimate of drug-likeness (QED) is 0.769. The van der Waals surface area contributed by atoms with Crippen LogP contribution >= 0.6 is 23.2 Å². The average molecular weight is 227 g/mol. The van der Waals surface area contributed by atoms with Gasteiger partial charge >= 0.3 is 0 Å². The molecule has 4 heteroatoms. The highest BCUT2D eigenvalue weighted by molar-refractivity contribution is 6.30. The first-order valence-electron chi connectivity index (χ1n) is 4.17. The fourth-order valence-electron chi connectivity index (χ4n) is 1.24. The predicted octanol–water partition coefficient (Wildman–Crippen LogP) is 3.24. The third-order valence-electron chi connectivity index (χ3n) is 1.89. The van der Waals surface area contributed by atoms with E-state index in [0.29, 0.717) is 11.7 Å². The molecule has 0 amide bonds. The fraction of sp³-hybridized carbons (Fsp3) is 0.100. The van der Waals surface area contributed by atoms with Gasteiger partial charge in [0, 0.05) is 5.02 Å². The van der Waals surface area contributed by atoms with Gasteiger partial charge < -0.3 is 0 Å². The highest BCUT2D eigenvalue weighted by Gasteiger charge is 2.00. The first-order valence-corrected chi connectivity index (χ1v) is 4.93. The van der Waals surface area contributed by atoms with Crippen LogP contribution in [0.1, 0.15) is 5.56 Å². The topological polar surface area (TPSA) is 17.8 Å². The van der Waals surface area contributed by atoms with Gasteiger partial charge in [0.25, 0.3) is 0 Å². The van der Waals surface area contributed by atoms with Crippen LogP contribution in [-0.4, -0.2) is 9.78 Å². The molecule has 2 nitrogen and oxygen atoms in total. The van der Waals surface area contributed by atoms with E-state index in [1.54, 1.807) is 16.9 Å². The molecule has 1 heterocycles. The zero-order chi connectivity index (χ0) is 9.97. The van der Waals surface area contributed by atoms with Crippen LogP contribution in [-0.2, 0) is 6.54 Å². The van der Waals surface area contributed by atoms with Crippen molar-refractivity contribution in [3.8, 4) is 0 Å². The third kappa shape index (κ3) is 2.08. The molecule has 1 aromatic carbocycles. The van der Waals surface area contributed by atoms with E-state index >= 15 is 0 Å². The maximum absolute atomic E-state index is 5.90. The Labute approximate surface area is 92.1 Å². The molecule has 0 saturated carbocycles. The molecular formula is C10H8Cl2N2. The van der Waals surface area contributed by atoms with Gasteiger partial charge in [0.1, 0.15) is 5.15 Å². The summed E-state index contributed by atoms with van der Waals surface area (Å²) < 4.78 is 1.72. The van der Waals surface area contributed by atoms with Crippen molar-refractivity contribution in [3.63, 3.8) is 0 Å². The van der Waals surface area contributed by atoms with Crippen molar-refractivity contribution in [2.24, 2.45) is 0 Å². The summed E-state index contributed by atoms with van der Waals surface area (Å²) in [5.41, 5.74) is 1.09. The van der Waals surface area contributed by atoms with Gasteiger partial charge in [-0.2, -0.15) is 5.10 Å². The number of aromatic nitrogens is 2. The van der Waals surface area contributed by atoms with Gasteiger partial charge in [0.2, 0.25) is 0 Å². The Morgan fingerprint density at radius 2 is 2.07 bits per heavy atom. The highest BCUT2D eigenvalue weighted by Crippen LogP contribution is 2.14. The normalized spacial score (nSPS) is 10.4. The van der Waals surface area contributed by atoms with Crippen LogP contribution in [0.3, 0.4) is 0 Å². The lowest BCUT2D eigenvalue weighted by Crippen LogP contribution is -2.01. The van der Waals surface area contributed by atoms with Crippen molar-refractivity contribution in [1.82, 2.24) is 9.78 Å². The van der Waals surface area contributed by atoms with Gasteiger partial charge in [-0.05, 0) is 23.8 Å². The summed E-state index contributed by atoms with van der Waals surface area (Å²) in [6.07, 6.45) is 1.67. The molecule has 0 aliphatic carbocycles. The minimum atomic E-state index is 0.630. The number of halogens is 2. The predicted molar refractivity (Wildman–Crippen MR) is 57.8 cm³/mol. The SMILES string of the molecule is Clc1cccc(Cn2nccc2Cl)c1. The Morgan fingerprint density at radius 3 is 2.71 bits per heavy atom. The van der Waals surface area contributed by atoms with Gasteiger partial charge in [-0.15, -0.1) is 0 Å². The van der Waals surface area contributed by atoms with Crippen molar-refractivity contribution in [3.05, 3.63) is 52.3 Å². The van der Waals surface area contributed by atoms with E-state index in [2.05, 4.69) is 5.10 Å². The molecule has 72 valence electrons. The molecule has 0 fully saturated rings. The molecule has 0 spiro atoms. The minimum Gasteiger partial charge on any atom is -0.250 e. The first-order chi connectivity index (χ1) is 6.75. The average Bonchev–Trinajstić information content (AvgIpc) is 2.52. The lowest BCUT2D eigenvalue weighted by Gasteiger charge is -2.03. The first kappa shape index (κ1) is 9.56. The Balaban J connectivity index is 2.23. The molecule has 0 aliphatic heterocycles. The maximum atomic E-state index is 5.90. The maximum Gasteiger partial charge on any atom is 0.127 e. The molecule has 0 aliphatic rings. The van der Waals surface area contributed by atoms with Gasteiger partial charge in [-0.1, -0.05) is 35.3 Å². The molecule has 14 heavy (non-hydrogen) atoms. The smallest absolute Gasteiger partial charge is 0.127 e. The summed E-state index contributed by atoms with van der Waals surface area (Å²) >= 11 is 11.8. The standard InChI is InChI=1S/C10H8Cl2N2/c11-9-3-1-2-8(6-9)7-14-10(12)4-5-13-14/h1-6H,7H2. The number of benzene rings is 1. The van der Waals surface area contributed by atoms with Crippen LogP contribution in [0.5, 0.6) is 0 Å². The summed E-state index contributed by atoms with van der Waals surface area (Å²) in [6, 6.07) is 9.40. The van der Waals surface area contributed by atoms with Crippen molar-refractivity contribution in [2.45, 2.75) is 6.54 Å². The highest BCUT2D eigenvalue weighted by atomic mass is 35.5. The van der Waals surface area contributed by atoms with E-state index < -0.39 is 0 Å². The molecule has 0 N–H and O–H groups in total. The lowest BCUT2D eigenvalue weighted by molar-refractivity contribution is 0.688. The van der Waals surface area contributed by atoms with E-state index in [0.717, 1.165) is 10.6 Å². The summed E-state index contributed by atoms with van der Waals surface area (Å²) in [5.74, 6) is 0. The zero-order valence-corrected chi connectivity index (χ0v) is 8.83. The Kier molecular flexibility index (Phi) is 2.75. The second-order valence-electron chi connectivity index (χ2n) is 2.94. The van der Waals surface area contributed by atoms with Crippen LogP contribution in [0.25, 0.3) is 0 Å². The van der Waals surface area contributed by atoms with E-state index in [1.165, 1.54) is 0 Å². The van der Waals surface area contributed by atoms with E-state index in [1.807, 2.05) is 24.3 Å². The van der Waals surface area contributed by atoms with Crippen LogP contribution in [0.2, 0.25) is 10.2 Å². The summed E-state index contributed by atoms with van der Waals surface area (Å²) in [7, 11) is 0. The van der Waals surface area contributed by atoms with Crippen molar-refractivity contribution in [1.29, 1.82) is 0 Å². The van der Waals surface area contributed by atoms with Gasteiger partial charge in [0.05, 0.1) is 12.7 Å². The Bertz CT molecular complexity index is 437. The molecule has 2 aromatic rings. The van der Waals surface area contributed by atoms with Crippen molar-refractivity contribution < 1.29 is 0 Å². The summed E-state index contributed by atoms with van der Waals surface area (Å²) in [5, 5.41) is 5.44. The fourth-order valence-corrected chi connectivity index (χ4v) is 1.61. The number of rotatable bonds is 2. The molecule has 0 unspecified atom stereocenters. The molecule has 0 bridgehead atoms. The minimum absolute atomic E-state index is 0.630. The van der Waals surface area contributed by atoms with Crippen molar-refractivity contribution >= 4 is 23.2 Å². The monoisotopic (exact) mass is 226 g/mol. The molecule has 1 aromatic heterocycles. The number of hydrogen-bond acceptors (Lipinski definition) is 1. The molecule has 0 atom stereocenters. The van der Waals surface area contributed by atoms with Crippen LogP contribution in [0, 0.1) is 0 Å². The van der Waals surface area contributed by atoms with Crippen LogP contribution in [0.15, 0.2) is 36.5 Å². The zero-order valence-electron chi connectivity index (χ0n) is 7.32. The van der Waals surface area contributed by atoms with Gasteiger partial charge in [-0.3, -0.25) is 0 Å². The van der Waals surface area contributed by atoms with Crippen molar-refractivity contribution in [2.75, 3.05) is 0 Å². The van der Waals surface area contributed by atoms with E-state index in [9.17, 15) is 0 Å². The van der Waals surface area contributed by atoms with E-state index in [-0.39, 0.29) is 0 Å². The summed E-state index contributed by atoms with van der Waals surface area (Å²) in [4.78, 5) is 0.